The van der Waals surface area contributed by atoms with Gasteiger partial charge in [-0.25, -0.2) is 15.0 Å². The molecule has 2 aromatic carbocycles. The van der Waals surface area contributed by atoms with Gasteiger partial charge in [0, 0.05) is 50.6 Å². The molecule has 232 valence electrons. The lowest BCUT2D eigenvalue weighted by Gasteiger charge is -2.10. The summed E-state index contributed by atoms with van der Waals surface area (Å²) in [6.07, 6.45) is 9.34. The quantitative estimate of drug-likeness (QED) is 0.0513. The molecule has 0 amide bonds. The van der Waals surface area contributed by atoms with Crippen LogP contribution in [0.1, 0.15) is 63.3 Å². The molecule has 0 radical (unpaired) electrons. The van der Waals surface area contributed by atoms with Crippen molar-refractivity contribution >= 4 is 56.5 Å². The lowest BCUT2D eigenvalue weighted by atomic mass is 9.89. The third-order valence-corrected chi connectivity index (χ3v) is 9.06. The number of aromatic amines is 1. The van der Waals surface area contributed by atoms with Crippen LogP contribution >= 0.6 is 11.3 Å². The molecule has 3 N–H and O–H groups in total. The highest BCUT2D eigenvalue weighted by Gasteiger charge is 2.18. The summed E-state index contributed by atoms with van der Waals surface area (Å²) in [5.74, 6) is 1.08. The fraction of sp³-hybridized carbons (Fsp3) is 0.353. The summed E-state index contributed by atoms with van der Waals surface area (Å²) in [6.45, 7) is 6.72. The number of rotatable bonds is 14. The van der Waals surface area contributed by atoms with E-state index in [0.29, 0.717) is 12.2 Å². The molecule has 9 nitrogen and oxygen atoms in total. The van der Waals surface area contributed by atoms with Crippen molar-refractivity contribution in [2.24, 2.45) is 0 Å². The van der Waals surface area contributed by atoms with E-state index in [1.165, 1.54) is 15.6 Å². The van der Waals surface area contributed by atoms with Crippen LogP contribution in [0.25, 0.3) is 43.5 Å². The number of carbonyl (C=O) groups is 1. The van der Waals surface area contributed by atoms with Crippen molar-refractivity contribution < 1.29 is 14.6 Å². The lowest BCUT2D eigenvalue weighted by molar-refractivity contribution is -0.134. The number of H-pyrrole nitrogens is 1. The fourth-order valence-electron chi connectivity index (χ4n) is 5.74. The van der Waals surface area contributed by atoms with Gasteiger partial charge in [0.25, 0.3) is 0 Å². The smallest absolute Gasteiger partial charge is 0.373 e. The normalized spacial score (nSPS) is 11.8. The fourth-order valence-corrected chi connectivity index (χ4v) is 6.68. The zero-order valence-corrected chi connectivity index (χ0v) is 26.9. The SMILES string of the molecule is CB(O)NCCCCCC(=O)Oc1ccc2[nH]cc(CCCc3nc(-c4csc5ccccc45)nc4c3ncn4C(C)C)c2c1. The molecule has 0 fully saturated rings. The summed E-state index contributed by atoms with van der Waals surface area (Å²) in [5.41, 5.74) is 5.94. The summed E-state index contributed by atoms with van der Waals surface area (Å²) in [4.78, 5) is 30.7. The molecule has 0 saturated carbocycles. The van der Waals surface area contributed by atoms with Crippen molar-refractivity contribution in [2.75, 3.05) is 6.54 Å². The summed E-state index contributed by atoms with van der Waals surface area (Å²) < 4.78 is 9.02. The number of carbonyl (C=O) groups excluding carboxylic acids is 1. The first-order valence-electron chi connectivity index (χ1n) is 15.8. The molecular weight excluding hydrogens is 583 g/mol. The maximum atomic E-state index is 12.5. The van der Waals surface area contributed by atoms with Crippen LogP contribution in [0.3, 0.4) is 0 Å². The van der Waals surface area contributed by atoms with Gasteiger partial charge >= 0.3 is 13.0 Å². The number of nitrogens with one attached hydrogen (secondary N) is 2. The number of fused-ring (bicyclic) bond motifs is 3. The molecule has 6 rings (SSSR count). The Morgan fingerprint density at radius 1 is 1.09 bits per heavy atom. The van der Waals surface area contributed by atoms with Crippen LogP contribution in [0.5, 0.6) is 5.75 Å². The Bertz CT molecular complexity index is 1930. The molecule has 4 aromatic heterocycles. The van der Waals surface area contributed by atoms with E-state index in [-0.39, 0.29) is 12.0 Å². The second-order valence-corrected chi connectivity index (χ2v) is 12.8. The Kier molecular flexibility index (Phi) is 9.58. The van der Waals surface area contributed by atoms with E-state index in [4.69, 9.17) is 19.7 Å². The van der Waals surface area contributed by atoms with Crippen LogP contribution in [0.15, 0.2) is 60.4 Å². The van der Waals surface area contributed by atoms with E-state index >= 15 is 0 Å². The first kappa shape index (κ1) is 30.9. The van der Waals surface area contributed by atoms with Crippen LogP contribution in [-0.2, 0) is 17.6 Å². The van der Waals surface area contributed by atoms with Crippen molar-refractivity contribution in [3.05, 3.63) is 71.6 Å². The van der Waals surface area contributed by atoms with Crippen LogP contribution in [0.2, 0.25) is 6.82 Å². The Balaban J connectivity index is 1.15. The van der Waals surface area contributed by atoms with Gasteiger partial charge in [-0.15, -0.1) is 11.3 Å². The minimum Gasteiger partial charge on any atom is -0.437 e. The molecule has 11 heteroatoms. The molecule has 0 saturated heterocycles. The van der Waals surface area contributed by atoms with Crippen LogP contribution < -0.4 is 9.96 Å². The average molecular weight is 623 g/mol. The van der Waals surface area contributed by atoms with Gasteiger partial charge in [0.15, 0.2) is 11.5 Å². The van der Waals surface area contributed by atoms with Gasteiger partial charge in [-0.2, -0.15) is 0 Å². The van der Waals surface area contributed by atoms with Crippen molar-refractivity contribution in [1.82, 2.24) is 29.7 Å². The van der Waals surface area contributed by atoms with E-state index in [2.05, 4.69) is 58.3 Å². The van der Waals surface area contributed by atoms with Crippen molar-refractivity contribution in [3.63, 3.8) is 0 Å². The molecular formula is C34H39BN6O3S. The highest BCUT2D eigenvalue weighted by molar-refractivity contribution is 7.17. The second kappa shape index (κ2) is 13.9. The second-order valence-electron chi connectivity index (χ2n) is 11.8. The summed E-state index contributed by atoms with van der Waals surface area (Å²) in [7, 11) is -0.508. The lowest BCUT2D eigenvalue weighted by Crippen LogP contribution is -2.31. The van der Waals surface area contributed by atoms with Crippen molar-refractivity contribution in [2.45, 2.75) is 71.7 Å². The Labute approximate surface area is 267 Å². The van der Waals surface area contributed by atoms with Crippen molar-refractivity contribution in [3.8, 4) is 17.1 Å². The summed E-state index contributed by atoms with van der Waals surface area (Å²) >= 11 is 1.71. The number of aromatic nitrogens is 5. The van der Waals surface area contributed by atoms with E-state index in [9.17, 15) is 9.82 Å². The molecule has 0 spiro atoms. The zero-order valence-electron chi connectivity index (χ0n) is 26.0. The molecule has 0 aliphatic rings. The van der Waals surface area contributed by atoms with Gasteiger partial charge in [0.05, 0.1) is 12.0 Å². The Morgan fingerprint density at radius 2 is 1.96 bits per heavy atom. The number of esters is 1. The molecule has 45 heavy (non-hydrogen) atoms. The summed E-state index contributed by atoms with van der Waals surface area (Å²) in [6, 6.07) is 14.4. The minimum atomic E-state index is -0.508. The van der Waals surface area contributed by atoms with Crippen LogP contribution in [0.4, 0.5) is 0 Å². The number of hydrogen-bond acceptors (Lipinski definition) is 8. The predicted octanol–water partition coefficient (Wildman–Crippen LogP) is 7.11. The first-order valence-corrected chi connectivity index (χ1v) is 16.7. The molecule has 0 aliphatic carbocycles. The van der Waals surface area contributed by atoms with E-state index < -0.39 is 7.05 Å². The number of aryl methyl sites for hydroxylation is 2. The Morgan fingerprint density at radius 3 is 2.80 bits per heavy atom. The first-order chi connectivity index (χ1) is 21.9. The average Bonchev–Trinajstić information content (AvgIpc) is 3.75. The molecule has 0 bridgehead atoms. The van der Waals surface area contributed by atoms with Crippen molar-refractivity contribution in [1.29, 1.82) is 0 Å². The number of nitrogens with zero attached hydrogens (tertiary/aromatic N) is 4. The number of hydrogen-bond donors (Lipinski definition) is 3. The summed E-state index contributed by atoms with van der Waals surface area (Å²) in [5, 5.41) is 16.6. The molecule has 0 aliphatic heterocycles. The predicted molar refractivity (Wildman–Crippen MR) is 183 cm³/mol. The highest BCUT2D eigenvalue weighted by atomic mass is 32.1. The number of unbranched alkanes of at least 4 members (excludes halogenated alkanes) is 2. The van der Waals surface area contributed by atoms with Gasteiger partial charge in [-0.3, -0.25) is 4.79 Å². The molecule has 0 atom stereocenters. The maximum absolute atomic E-state index is 12.5. The minimum absolute atomic E-state index is 0.224. The van der Waals surface area contributed by atoms with Gasteiger partial charge in [-0.05, 0) is 89.1 Å². The molecule has 6 aromatic rings. The molecule has 4 heterocycles. The zero-order chi connectivity index (χ0) is 31.3. The third-order valence-electron chi connectivity index (χ3n) is 8.10. The van der Waals surface area contributed by atoms with Gasteiger partial charge in [-0.1, -0.05) is 24.6 Å². The number of imidazole rings is 1. The van der Waals surface area contributed by atoms with Gasteiger partial charge in [0.2, 0.25) is 0 Å². The van der Waals surface area contributed by atoms with Crippen LogP contribution in [0, 0.1) is 0 Å². The van der Waals surface area contributed by atoms with E-state index in [0.717, 1.165) is 84.2 Å². The monoisotopic (exact) mass is 622 g/mol. The van der Waals surface area contributed by atoms with E-state index in [1.807, 2.05) is 30.7 Å². The van der Waals surface area contributed by atoms with Gasteiger partial charge in [0.1, 0.15) is 11.3 Å². The topological polar surface area (TPSA) is 118 Å². The van der Waals surface area contributed by atoms with Crippen LogP contribution in [-0.4, -0.2) is 49.1 Å². The largest absolute Gasteiger partial charge is 0.437 e. The van der Waals surface area contributed by atoms with Gasteiger partial charge < -0.3 is 24.5 Å². The number of benzene rings is 2. The van der Waals surface area contributed by atoms with E-state index in [1.54, 1.807) is 18.2 Å². The highest BCUT2D eigenvalue weighted by Crippen LogP contribution is 2.34. The standard InChI is InChI=1S/C34H39BN6O3S/c1-22(2)41-21-37-32-29(39-33(40-34(32)41)27-20-45-30-13-7-6-11-25(27)30)12-9-10-23-19-36-28-16-15-24(18-26(23)28)44-31(42)14-5-4-8-17-38-35(3)43/h6-7,11,13,15-16,18-22,36,38,43H,4-5,8-10,12,14,17H2,1-3H3. The Hall–Kier alpha value is -4.06. The third kappa shape index (κ3) is 7.11. The number of thiophene rings is 1. The maximum Gasteiger partial charge on any atom is 0.373 e. The number of ether oxygens (including phenoxy) is 1. The molecule has 0 unspecified atom stereocenters.